The van der Waals surface area contributed by atoms with Gasteiger partial charge in [0.1, 0.15) is 0 Å². The lowest BCUT2D eigenvalue weighted by atomic mass is 10.2. The molecule has 0 radical (unpaired) electrons. The number of ether oxygens (including phenoxy) is 1. The molecule has 0 aromatic carbocycles. The standard InChI is InChI=1S/C9H10OS/c1-2-6-10-8(4-1)9-5-3-7-11-9/h1-3,5,7-8H,4,6H2/t8-/m0/s1. The van der Waals surface area contributed by atoms with Gasteiger partial charge in [-0.3, -0.25) is 0 Å². The first-order valence-corrected chi connectivity index (χ1v) is 4.65. The third kappa shape index (κ3) is 1.52. The second-order valence-corrected chi connectivity index (χ2v) is 3.52. The highest BCUT2D eigenvalue weighted by Crippen LogP contribution is 2.27. The minimum Gasteiger partial charge on any atom is -0.368 e. The van der Waals surface area contributed by atoms with E-state index in [0.29, 0.717) is 6.10 Å². The van der Waals surface area contributed by atoms with Gasteiger partial charge in [0.05, 0.1) is 12.7 Å². The van der Waals surface area contributed by atoms with E-state index in [1.807, 2.05) is 0 Å². The van der Waals surface area contributed by atoms with E-state index in [1.54, 1.807) is 11.3 Å². The van der Waals surface area contributed by atoms with E-state index in [0.717, 1.165) is 13.0 Å². The van der Waals surface area contributed by atoms with Crippen molar-refractivity contribution in [2.45, 2.75) is 12.5 Å². The molecule has 1 aromatic rings. The number of rotatable bonds is 1. The van der Waals surface area contributed by atoms with Crippen molar-refractivity contribution in [3.63, 3.8) is 0 Å². The highest BCUT2D eigenvalue weighted by atomic mass is 32.1. The highest BCUT2D eigenvalue weighted by molar-refractivity contribution is 7.10. The molecule has 0 saturated heterocycles. The fourth-order valence-electron chi connectivity index (χ4n) is 1.20. The average Bonchev–Trinajstić information content (AvgIpc) is 2.58. The van der Waals surface area contributed by atoms with Crippen LogP contribution in [0.3, 0.4) is 0 Å². The maximum absolute atomic E-state index is 5.55. The zero-order valence-electron chi connectivity index (χ0n) is 6.19. The van der Waals surface area contributed by atoms with Crippen molar-refractivity contribution < 1.29 is 4.74 Å². The third-order valence-corrected chi connectivity index (χ3v) is 2.74. The largest absolute Gasteiger partial charge is 0.368 e. The number of hydrogen-bond donors (Lipinski definition) is 0. The monoisotopic (exact) mass is 166 g/mol. The molecule has 1 aliphatic rings. The molecule has 0 aliphatic carbocycles. The Morgan fingerprint density at radius 2 is 2.45 bits per heavy atom. The third-order valence-electron chi connectivity index (χ3n) is 1.77. The Bertz CT molecular complexity index is 238. The predicted molar refractivity (Wildman–Crippen MR) is 46.8 cm³/mol. The van der Waals surface area contributed by atoms with Gasteiger partial charge in [-0.05, 0) is 17.9 Å². The lowest BCUT2D eigenvalue weighted by molar-refractivity contribution is 0.0704. The molecule has 0 saturated carbocycles. The maximum Gasteiger partial charge on any atom is 0.0955 e. The van der Waals surface area contributed by atoms with Crippen LogP contribution in [0.2, 0.25) is 0 Å². The van der Waals surface area contributed by atoms with Gasteiger partial charge < -0.3 is 4.74 Å². The molecule has 1 atom stereocenters. The molecular formula is C9H10OS. The van der Waals surface area contributed by atoms with Crippen LogP contribution in [0.1, 0.15) is 17.4 Å². The van der Waals surface area contributed by atoms with E-state index >= 15 is 0 Å². The van der Waals surface area contributed by atoms with E-state index in [9.17, 15) is 0 Å². The van der Waals surface area contributed by atoms with E-state index in [-0.39, 0.29) is 0 Å². The fraction of sp³-hybridized carbons (Fsp3) is 0.333. The molecule has 11 heavy (non-hydrogen) atoms. The highest BCUT2D eigenvalue weighted by Gasteiger charge is 2.12. The van der Waals surface area contributed by atoms with Crippen LogP contribution in [0.5, 0.6) is 0 Å². The first-order valence-electron chi connectivity index (χ1n) is 3.77. The molecule has 2 heteroatoms. The number of thiophene rings is 1. The van der Waals surface area contributed by atoms with Gasteiger partial charge in [-0.2, -0.15) is 0 Å². The first kappa shape index (κ1) is 7.07. The zero-order valence-corrected chi connectivity index (χ0v) is 7.01. The predicted octanol–water partition coefficient (Wildman–Crippen LogP) is 2.77. The van der Waals surface area contributed by atoms with Gasteiger partial charge in [0.2, 0.25) is 0 Å². The van der Waals surface area contributed by atoms with Crippen LogP contribution in [0, 0.1) is 0 Å². The van der Waals surface area contributed by atoms with E-state index in [1.165, 1.54) is 4.88 Å². The minimum absolute atomic E-state index is 0.319. The Balaban J connectivity index is 2.11. The molecule has 1 aliphatic heterocycles. The van der Waals surface area contributed by atoms with Crippen molar-refractivity contribution in [3.05, 3.63) is 34.5 Å². The zero-order chi connectivity index (χ0) is 7.52. The molecule has 2 heterocycles. The van der Waals surface area contributed by atoms with Gasteiger partial charge in [0.25, 0.3) is 0 Å². The molecule has 1 aromatic heterocycles. The summed E-state index contributed by atoms with van der Waals surface area (Å²) >= 11 is 1.77. The van der Waals surface area contributed by atoms with Gasteiger partial charge in [0.15, 0.2) is 0 Å². The second kappa shape index (κ2) is 3.20. The summed E-state index contributed by atoms with van der Waals surface area (Å²) in [6.07, 6.45) is 5.61. The molecule has 0 unspecified atom stereocenters. The summed E-state index contributed by atoms with van der Waals surface area (Å²) in [6.45, 7) is 0.766. The Morgan fingerprint density at radius 1 is 1.45 bits per heavy atom. The van der Waals surface area contributed by atoms with Crippen LogP contribution in [-0.4, -0.2) is 6.61 Å². The van der Waals surface area contributed by atoms with Crippen LogP contribution < -0.4 is 0 Å². The van der Waals surface area contributed by atoms with Gasteiger partial charge in [-0.15, -0.1) is 11.3 Å². The fourth-order valence-corrected chi connectivity index (χ4v) is 1.99. The van der Waals surface area contributed by atoms with Crippen LogP contribution in [0.4, 0.5) is 0 Å². The summed E-state index contributed by atoms with van der Waals surface area (Å²) < 4.78 is 5.55. The second-order valence-electron chi connectivity index (χ2n) is 2.54. The van der Waals surface area contributed by atoms with Crippen molar-refractivity contribution in [1.82, 2.24) is 0 Å². The summed E-state index contributed by atoms with van der Waals surface area (Å²) in [7, 11) is 0. The quantitative estimate of drug-likeness (QED) is 0.583. The molecule has 2 rings (SSSR count). The molecule has 0 amide bonds. The molecule has 0 bridgehead atoms. The van der Waals surface area contributed by atoms with Crippen LogP contribution in [0.25, 0.3) is 0 Å². The summed E-state index contributed by atoms with van der Waals surface area (Å²) in [6, 6.07) is 4.20. The summed E-state index contributed by atoms with van der Waals surface area (Å²) in [4.78, 5) is 1.34. The summed E-state index contributed by atoms with van der Waals surface area (Å²) in [5.74, 6) is 0. The lowest BCUT2D eigenvalue weighted by Crippen LogP contribution is -2.05. The molecule has 58 valence electrons. The van der Waals surface area contributed by atoms with Crippen molar-refractivity contribution in [2.75, 3.05) is 6.61 Å². The topological polar surface area (TPSA) is 9.23 Å². The normalized spacial score (nSPS) is 23.8. The Labute approximate surface area is 70.3 Å². The lowest BCUT2D eigenvalue weighted by Gasteiger charge is -2.16. The first-order chi connectivity index (χ1) is 5.47. The van der Waals surface area contributed by atoms with E-state index in [2.05, 4.69) is 29.7 Å². The van der Waals surface area contributed by atoms with Crippen LogP contribution in [-0.2, 0) is 4.74 Å². The summed E-state index contributed by atoms with van der Waals surface area (Å²) in [5.41, 5.74) is 0. The molecule has 0 spiro atoms. The summed E-state index contributed by atoms with van der Waals surface area (Å²) in [5, 5.41) is 2.09. The van der Waals surface area contributed by atoms with Crippen LogP contribution in [0.15, 0.2) is 29.7 Å². The van der Waals surface area contributed by atoms with E-state index in [4.69, 9.17) is 4.74 Å². The van der Waals surface area contributed by atoms with E-state index < -0.39 is 0 Å². The molecule has 0 fully saturated rings. The van der Waals surface area contributed by atoms with Crippen molar-refractivity contribution in [3.8, 4) is 0 Å². The minimum atomic E-state index is 0.319. The van der Waals surface area contributed by atoms with Crippen molar-refractivity contribution in [2.24, 2.45) is 0 Å². The smallest absolute Gasteiger partial charge is 0.0955 e. The SMILES string of the molecule is C1=CC[C@@H](c2cccs2)OC1. The number of hydrogen-bond acceptors (Lipinski definition) is 2. The van der Waals surface area contributed by atoms with Crippen molar-refractivity contribution >= 4 is 11.3 Å². The van der Waals surface area contributed by atoms with Gasteiger partial charge >= 0.3 is 0 Å². The Hall–Kier alpha value is -0.600. The maximum atomic E-state index is 5.55. The van der Waals surface area contributed by atoms with Gasteiger partial charge in [0, 0.05) is 4.88 Å². The molecule has 0 N–H and O–H groups in total. The Kier molecular flexibility index (Phi) is 2.06. The van der Waals surface area contributed by atoms with Gasteiger partial charge in [-0.1, -0.05) is 18.2 Å². The van der Waals surface area contributed by atoms with Crippen molar-refractivity contribution in [1.29, 1.82) is 0 Å². The molecular weight excluding hydrogens is 156 g/mol. The van der Waals surface area contributed by atoms with Crippen LogP contribution >= 0.6 is 11.3 Å². The van der Waals surface area contributed by atoms with Gasteiger partial charge in [-0.25, -0.2) is 0 Å². The average molecular weight is 166 g/mol. The Morgan fingerprint density at radius 3 is 3.09 bits per heavy atom. The molecule has 1 nitrogen and oxygen atoms in total.